The highest BCUT2D eigenvalue weighted by molar-refractivity contribution is 4.75. The summed E-state index contributed by atoms with van der Waals surface area (Å²) in [7, 11) is 0. The summed E-state index contributed by atoms with van der Waals surface area (Å²) in [6.07, 6.45) is 11.1. The molecule has 0 saturated carbocycles. The molecule has 0 radical (unpaired) electrons. The molecule has 0 spiro atoms. The number of hydrogen-bond donors (Lipinski definition) is 1. The van der Waals surface area contributed by atoms with E-state index < -0.39 is 0 Å². The van der Waals surface area contributed by atoms with Crippen molar-refractivity contribution in [2.75, 3.05) is 32.7 Å². The van der Waals surface area contributed by atoms with Gasteiger partial charge in [0.25, 0.3) is 0 Å². The molecule has 0 aromatic rings. The van der Waals surface area contributed by atoms with Crippen molar-refractivity contribution in [3.05, 3.63) is 0 Å². The highest BCUT2D eigenvalue weighted by Gasteiger charge is 2.20. The first kappa shape index (κ1) is 23.9. The van der Waals surface area contributed by atoms with Gasteiger partial charge in [-0.2, -0.15) is 0 Å². The lowest BCUT2D eigenvalue weighted by Crippen LogP contribution is -2.39. The van der Waals surface area contributed by atoms with E-state index in [1.54, 1.807) is 0 Å². The fourth-order valence-corrected chi connectivity index (χ4v) is 3.78. The Morgan fingerprint density at radius 2 is 1.46 bits per heavy atom. The molecule has 0 aromatic carbocycles. The van der Waals surface area contributed by atoms with Crippen LogP contribution in [0.1, 0.15) is 92.9 Å². The predicted octanol–water partition coefficient (Wildman–Crippen LogP) is 5.97. The Bertz CT molecular complexity index is 236. The summed E-state index contributed by atoms with van der Waals surface area (Å²) in [6.45, 7) is 19.8. The second-order valence-electron chi connectivity index (χ2n) is 7.65. The van der Waals surface area contributed by atoms with Gasteiger partial charge in [0, 0.05) is 6.54 Å². The van der Waals surface area contributed by atoms with E-state index in [-0.39, 0.29) is 0 Å². The first-order valence-corrected chi connectivity index (χ1v) is 11.1. The van der Waals surface area contributed by atoms with Crippen molar-refractivity contribution in [2.24, 2.45) is 17.8 Å². The minimum Gasteiger partial charge on any atom is -0.317 e. The summed E-state index contributed by atoms with van der Waals surface area (Å²) in [4.78, 5) is 2.69. The molecule has 2 saturated heterocycles. The van der Waals surface area contributed by atoms with Gasteiger partial charge in [-0.25, -0.2) is 0 Å². The topological polar surface area (TPSA) is 15.3 Å². The third kappa shape index (κ3) is 11.5. The molecule has 2 nitrogen and oxygen atoms in total. The molecule has 0 amide bonds. The lowest BCUT2D eigenvalue weighted by atomic mass is 9.94. The van der Waals surface area contributed by atoms with Crippen LogP contribution in [0.25, 0.3) is 0 Å². The van der Waals surface area contributed by atoms with Crippen molar-refractivity contribution in [2.45, 2.75) is 92.9 Å². The van der Waals surface area contributed by atoms with Crippen LogP contribution in [-0.2, 0) is 0 Å². The lowest BCUT2D eigenvalue weighted by molar-refractivity contribution is 0.154. The minimum absolute atomic E-state index is 0.972. The third-order valence-electron chi connectivity index (χ3n) is 5.70. The summed E-state index contributed by atoms with van der Waals surface area (Å²) in [5.41, 5.74) is 0. The number of piperidine rings is 2. The molecular formula is C22H48N2. The Morgan fingerprint density at radius 3 is 1.88 bits per heavy atom. The Hall–Kier alpha value is -0.0800. The third-order valence-corrected chi connectivity index (χ3v) is 5.70. The fraction of sp³-hybridized carbons (Fsp3) is 1.00. The summed E-state index contributed by atoms with van der Waals surface area (Å²) >= 11 is 0. The fourth-order valence-electron chi connectivity index (χ4n) is 3.78. The molecule has 2 rings (SSSR count). The lowest BCUT2D eigenvalue weighted by Gasteiger charge is -2.34. The minimum atomic E-state index is 0.972. The van der Waals surface area contributed by atoms with E-state index in [2.05, 4.69) is 37.9 Å². The molecule has 2 fully saturated rings. The molecule has 24 heavy (non-hydrogen) atoms. The van der Waals surface area contributed by atoms with Crippen LogP contribution >= 0.6 is 0 Å². The van der Waals surface area contributed by atoms with Crippen LogP contribution in [0.15, 0.2) is 0 Å². The van der Waals surface area contributed by atoms with Gasteiger partial charge in [0.15, 0.2) is 0 Å². The maximum Gasteiger partial charge on any atom is 0.00106 e. The zero-order valence-electron chi connectivity index (χ0n) is 17.9. The SMILES string of the molecule is CC.CC1CCN(CC2CCNCC2)CC1.CCCC(CC)CC. The van der Waals surface area contributed by atoms with E-state index in [1.165, 1.54) is 84.1 Å². The first-order valence-electron chi connectivity index (χ1n) is 11.1. The normalized spacial score (nSPS) is 20.1. The van der Waals surface area contributed by atoms with Crippen LogP contribution in [0, 0.1) is 17.8 Å². The van der Waals surface area contributed by atoms with Crippen molar-refractivity contribution < 1.29 is 0 Å². The summed E-state index contributed by atoms with van der Waals surface area (Å²) < 4.78 is 0. The summed E-state index contributed by atoms with van der Waals surface area (Å²) in [5, 5.41) is 3.44. The Labute approximate surface area is 154 Å². The standard InChI is InChI=1S/C12H24N2.C8H18.C2H6/c1-11-4-8-14(9-5-11)10-12-2-6-13-7-3-12;1-4-7-8(5-2)6-3;1-2/h11-13H,2-10H2,1H3;8H,4-7H2,1-3H3;1-2H3. The maximum absolute atomic E-state index is 3.44. The van der Waals surface area contributed by atoms with Gasteiger partial charge in [-0.15, -0.1) is 0 Å². The average Bonchev–Trinajstić information content (AvgIpc) is 2.65. The zero-order valence-corrected chi connectivity index (χ0v) is 17.9. The molecule has 2 heterocycles. The highest BCUT2D eigenvalue weighted by atomic mass is 15.1. The van der Waals surface area contributed by atoms with E-state index >= 15 is 0 Å². The largest absolute Gasteiger partial charge is 0.317 e. The van der Waals surface area contributed by atoms with Crippen molar-refractivity contribution in [1.29, 1.82) is 0 Å². The molecule has 0 aliphatic carbocycles. The first-order chi connectivity index (χ1) is 11.7. The molecule has 0 aromatic heterocycles. The van der Waals surface area contributed by atoms with Gasteiger partial charge >= 0.3 is 0 Å². The second kappa shape index (κ2) is 16.4. The van der Waals surface area contributed by atoms with Crippen LogP contribution < -0.4 is 5.32 Å². The number of rotatable bonds is 6. The van der Waals surface area contributed by atoms with Gasteiger partial charge in [-0.1, -0.05) is 67.2 Å². The smallest absolute Gasteiger partial charge is 0.00106 e. The van der Waals surface area contributed by atoms with Crippen molar-refractivity contribution in [3.8, 4) is 0 Å². The molecule has 2 aliphatic rings. The second-order valence-corrected chi connectivity index (χ2v) is 7.65. The van der Waals surface area contributed by atoms with Crippen molar-refractivity contribution in [1.82, 2.24) is 10.2 Å². The van der Waals surface area contributed by atoms with Crippen molar-refractivity contribution in [3.63, 3.8) is 0 Å². The van der Waals surface area contributed by atoms with Crippen LogP contribution in [0.2, 0.25) is 0 Å². The number of nitrogens with one attached hydrogen (secondary N) is 1. The van der Waals surface area contributed by atoms with Crippen LogP contribution in [0.3, 0.4) is 0 Å². The number of nitrogens with zero attached hydrogens (tertiary/aromatic N) is 1. The van der Waals surface area contributed by atoms with Gasteiger partial charge in [-0.05, 0) is 69.6 Å². The molecule has 2 heteroatoms. The van der Waals surface area contributed by atoms with Gasteiger partial charge in [0.1, 0.15) is 0 Å². The van der Waals surface area contributed by atoms with Crippen LogP contribution in [0.5, 0.6) is 0 Å². The quantitative estimate of drug-likeness (QED) is 0.641. The average molecular weight is 341 g/mol. The summed E-state index contributed by atoms with van der Waals surface area (Å²) in [5.74, 6) is 2.95. The van der Waals surface area contributed by atoms with E-state index in [0.717, 1.165) is 17.8 Å². The number of likely N-dealkylation sites (tertiary alicyclic amines) is 1. The maximum atomic E-state index is 3.44. The monoisotopic (exact) mass is 340 g/mol. The van der Waals surface area contributed by atoms with Crippen molar-refractivity contribution >= 4 is 0 Å². The molecule has 0 bridgehead atoms. The molecule has 1 N–H and O–H groups in total. The molecule has 0 atom stereocenters. The van der Waals surface area contributed by atoms with Gasteiger partial charge in [0.2, 0.25) is 0 Å². The predicted molar refractivity (Wildman–Crippen MR) is 111 cm³/mol. The summed E-state index contributed by atoms with van der Waals surface area (Å²) in [6, 6.07) is 0. The van der Waals surface area contributed by atoms with E-state index in [4.69, 9.17) is 0 Å². The van der Waals surface area contributed by atoms with E-state index in [1.807, 2.05) is 13.8 Å². The molecule has 0 unspecified atom stereocenters. The van der Waals surface area contributed by atoms with Gasteiger partial charge in [-0.3, -0.25) is 0 Å². The zero-order chi connectivity index (χ0) is 18.2. The molecule has 2 aliphatic heterocycles. The highest BCUT2D eigenvalue weighted by Crippen LogP contribution is 2.20. The molecular weight excluding hydrogens is 292 g/mol. The van der Waals surface area contributed by atoms with Gasteiger partial charge < -0.3 is 10.2 Å². The van der Waals surface area contributed by atoms with E-state index in [9.17, 15) is 0 Å². The Morgan fingerprint density at radius 1 is 0.917 bits per heavy atom. The number of hydrogen-bond acceptors (Lipinski definition) is 2. The van der Waals surface area contributed by atoms with Crippen LogP contribution in [0.4, 0.5) is 0 Å². The van der Waals surface area contributed by atoms with Gasteiger partial charge in [0.05, 0.1) is 0 Å². The Balaban J connectivity index is 0.000000456. The Kier molecular flexibility index (Phi) is 16.3. The van der Waals surface area contributed by atoms with Crippen LogP contribution in [-0.4, -0.2) is 37.6 Å². The molecule has 146 valence electrons. The van der Waals surface area contributed by atoms with E-state index in [0.29, 0.717) is 0 Å².